The Morgan fingerprint density at radius 1 is 1.07 bits per heavy atom. The number of methoxy groups -OCH3 is 2. The second-order valence-electron chi connectivity index (χ2n) is 7.08. The van der Waals surface area contributed by atoms with Crippen LogP contribution in [0.15, 0.2) is 23.2 Å². The molecule has 0 spiro atoms. The van der Waals surface area contributed by atoms with Gasteiger partial charge in [-0.05, 0) is 38.1 Å². The molecule has 166 valence electrons. The average Bonchev–Trinajstić information content (AvgIpc) is 2.75. The molecule has 7 nitrogen and oxygen atoms in total. The Bertz CT molecular complexity index is 621. The van der Waals surface area contributed by atoms with E-state index < -0.39 is 0 Å². The third-order valence-electron chi connectivity index (χ3n) is 5.25. The van der Waals surface area contributed by atoms with Crippen LogP contribution in [0, 0.1) is 0 Å². The van der Waals surface area contributed by atoms with Gasteiger partial charge in [-0.3, -0.25) is 4.90 Å². The monoisotopic (exact) mass is 519 g/mol. The van der Waals surface area contributed by atoms with Crippen molar-refractivity contribution >= 4 is 29.9 Å². The number of ether oxygens (including phenoxy) is 2. The van der Waals surface area contributed by atoms with Crippen LogP contribution in [-0.2, 0) is 6.54 Å². The second kappa shape index (κ2) is 13.9. The summed E-state index contributed by atoms with van der Waals surface area (Å²) in [6, 6.07) is 6.39. The van der Waals surface area contributed by atoms with Gasteiger partial charge in [0.15, 0.2) is 17.5 Å². The maximum absolute atomic E-state index is 5.38. The number of aliphatic imine (C=N–C) groups is 1. The number of nitrogens with zero attached hydrogens (tertiary/aromatic N) is 3. The molecule has 1 aliphatic rings. The fraction of sp³-hybridized carbons (Fsp3) is 0.667. The van der Waals surface area contributed by atoms with Crippen LogP contribution in [0.25, 0.3) is 0 Å². The van der Waals surface area contributed by atoms with E-state index in [1.165, 1.54) is 0 Å². The van der Waals surface area contributed by atoms with E-state index in [1.54, 1.807) is 14.2 Å². The van der Waals surface area contributed by atoms with Crippen LogP contribution in [0.4, 0.5) is 0 Å². The molecule has 1 unspecified atom stereocenters. The van der Waals surface area contributed by atoms with E-state index in [2.05, 4.69) is 41.2 Å². The third kappa shape index (κ3) is 8.18. The Morgan fingerprint density at radius 3 is 2.34 bits per heavy atom. The minimum atomic E-state index is 0. The fourth-order valence-corrected chi connectivity index (χ4v) is 3.38. The van der Waals surface area contributed by atoms with Crippen LogP contribution in [0.5, 0.6) is 11.5 Å². The summed E-state index contributed by atoms with van der Waals surface area (Å²) in [6.07, 6.45) is 0. The summed E-state index contributed by atoms with van der Waals surface area (Å²) in [7, 11) is 3.30. The quantitative estimate of drug-likeness (QED) is 0.297. The first-order valence-electron chi connectivity index (χ1n) is 10.3. The van der Waals surface area contributed by atoms with Crippen molar-refractivity contribution in [1.82, 2.24) is 20.4 Å². The summed E-state index contributed by atoms with van der Waals surface area (Å²) in [6.45, 7) is 14.6. The number of nitrogens with one attached hydrogen (secondary N) is 2. The van der Waals surface area contributed by atoms with Crippen LogP contribution in [0.2, 0.25) is 0 Å². The topological polar surface area (TPSA) is 61.4 Å². The molecule has 1 aromatic carbocycles. The second-order valence-corrected chi connectivity index (χ2v) is 7.08. The minimum absolute atomic E-state index is 0. The first-order chi connectivity index (χ1) is 13.6. The maximum atomic E-state index is 5.38. The normalized spacial score (nSPS) is 16.7. The first kappa shape index (κ1) is 25.8. The first-order valence-corrected chi connectivity index (χ1v) is 10.3. The average molecular weight is 519 g/mol. The molecule has 8 heteroatoms. The number of hydrogen-bond acceptors (Lipinski definition) is 5. The van der Waals surface area contributed by atoms with Gasteiger partial charge in [-0.1, -0.05) is 13.0 Å². The van der Waals surface area contributed by atoms with Gasteiger partial charge in [0.1, 0.15) is 0 Å². The molecule has 0 saturated carbocycles. The Morgan fingerprint density at radius 2 is 1.76 bits per heavy atom. The fourth-order valence-electron chi connectivity index (χ4n) is 3.38. The van der Waals surface area contributed by atoms with Crippen LogP contribution >= 0.6 is 24.0 Å². The van der Waals surface area contributed by atoms with E-state index in [9.17, 15) is 0 Å². The molecular weight excluding hydrogens is 481 g/mol. The van der Waals surface area contributed by atoms with Gasteiger partial charge in [-0.2, -0.15) is 0 Å². The molecule has 1 fully saturated rings. The van der Waals surface area contributed by atoms with Crippen LogP contribution in [0.1, 0.15) is 26.3 Å². The number of halogens is 1. The highest BCUT2D eigenvalue weighted by atomic mass is 127. The van der Waals surface area contributed by atoms with E-state index in [-0.39, 0.29) is 24.0 Å². The zero-order chi connectivity index (χ0) is 20.4. The molecule has 1 atom stereocenters. The van der Waals surface area contributed by atoms with Gasteiger partial charge in [-0.15, -0.1) is 24.0 Å². The standard InChI is InChI=1S/C21H37N5O2.HI/c1-6-22-21(23-15-17(3)26-12-10-25(7-2)11-13-26)24-16-18-8-9-19(27-4)20(14-18)28-5;/h8-9,14,17H,6-7,10-13,15-16H2,1-5H3,(H2,22,23,24);1H. The molecule has 1 aromatic rings. The summed E-state index contributed by atoms with van der Waals surface area (Å²) in [5, 5.41) is 6.83. The highest BCUT2D eigenvalue weighted by Gasteiger charge is 2.20. The summed E-state index contributed by atoms with van der Waals surface area (Å²) in [5.41, 5.74) is 1.08. The zero-order valence-corrected chi connectivity index (χ0v) is 20.9. The number of piperazine rings is 1. The third-order valence-corrected chi connectivity index (χ3v) is 5.25. The number of hydrogen-bond donors (Lipinski definition) is 2. The molecule has 0 amide bonds. The van der Waals surface area contributed by atoms with Crippen molar-refractivity contribution in [2.24, 2.45) is 4.99 Å². The molecule has 0 radical (unpaired) electrons. The lowest BCUT2D eigenvalue weighted by Gasteiger charge is -2.37. The van der Waals surface area contributed by atoms with Gasteiger partial charge in [0.25, 0.3) is 0 Å². The molecule has 1 heterocycles. The molecular formula is C21H38IN5O2. The highest BCUT2D eigenvalue weighted by molar-refractivity contribution is 14.0. The van der Waals surface area contributed by atoms with Gasteiger partial charge < -0.3 is 25.0 Å². The van der Waals surface area contributed by atoms with Crippen molar-refractivity contribution in [3.05, 3.63) is 23.8 Å². The zero-order valence-electron chi connectivity index (χ0n) is 18.5. The van der Waals surface area contributed by atoms with E-state index >= 15 is 0 Å². The smallest absolute Gasteiger partial charge is 0.191 e. The summed E-state index contributed by atoms with van der Waals surface area (Å²) >= 11 is 0. The Hall–Kier alpha value is -1.26. The Balaban J connectivity index is 0.00000420. The summed E-state index contributed by atoms with van der Waals surface area (Å²) in [5.74, 6) is 2.31. The van der Waals surface area contributed by atoms with Crippen LogP contribution in [0.3, 0.4) is 0 Å². The molecule has 2 N–H and O–H groups in total. The van der Waals surface area contributed by atoms with Crippen molar-refractivity contribution in [1.29, 1.82) is 0 Å². The van der Waals surface area contributed by atoms with Crippen LogP contribution in [-0.4, -0.2) is 81.8 Å². The van der Waals surface area contributed by atoms with Crippen molar-refractivity contribution in [3.8, 4) is 11.5 Å². The van der Waals surface area contributed by atoms with Crippen molar-refractivity contribution in [3.63, 3.8) is 0 Å². The minimum Gasteiger partial charge on any atom is -0.493 e. The largest absolute Gasteiger partial charge is 0.493 e. The van der Waals surface area contributed by atoms with E-state index in [1.807, 2.05) is 18.2 Å². The van der Waals surface area contributed by atoms with Gasteiger partial charge in [0.2, 0.25) is 0 Å². The molecule has 29 heavy (non-hydrogen) atoms. The lowest BCUT2D eigenvalue weighted by molar-refractivity contribution is 0.107. The number of benzene rings is 1. The highest BCUT2D eigenvalue weighted by Crippen LogP contribution is 2.27. The lowest BCUT2D eigenvalue weighted by Crippen LogP contribution is -2.53. The van der Waals surface area contributed by atoms with Gasteiger partial charge in [0.05, 0.1) is 20.8 Å². The summed E-state index contributed by atoms with van der Waals surface area (Å²) in [4.78, 5) is 9.79. The predicted molar refractivity (Wildman–Crippen MR) is 131 cm³/mol. The van der Waals surface area contributed by atoms with Gasteiger partial charge in [-0.25, -0.2) is 4.99 Å². The van der Waals surface area contributed by atoms with Crippen molar-refractivity contribution < 1.29 is 9.47 Å². The summed E-state index contributed by atoms with van der Waals surface area (Å²) < 4.78 is 10.7. The van der Waals surface area contributed by atoms with Crippen molar-refractivity contribution in [2.45, 2.75) is 33.4 Å². The van der Waals surface area contributed by atoms with Gasteiger partial charge in [0, 0.05) is 45.3 Å². The van der Waals surface area contributed by atoms with Crippen LogP contribution < -0.4 is 20.1 Å². The SMILES string of the molecule is CCNC(=NCc1ccc(OC)c(OC)c1)NCC(C)N1CCN(CC)CC1.I. The van der Waals surface area contributed by atoms with Gasteiger partial charge >= 0.3 is 0 Å². The molecule has 0 aromatic heterocycles. The maximum Gasteiger partial charge on any atom is 0.191 e. The number of rotatable bonds is 9. The predicted octanol–water partition coefficient (Wildman–Crippen LogP) is 2.40. The molecule has 0 bridgehead atoms. The Labute approximate surface area is 193 Å². The molecule has 2 rings (SSSR count). The van der Waals surface area contributed by atoms with Crippen molar-refractivity contribution in [2.75, 3.05) is 60.0 Å². The van der Waals surface area contributed by atoms with E-state index in [4.69, 9.17) is 14.5 Å². The Kier molecular flexibility index (Phi) is 12.3. The van der Waals surface area contributed by atoms with E-state index in [0.717, 1.165) is 68.8 Å². The molecule has 1 aliphatic heterocycles. The molecule has 1 saturated heterocycles. The molecule has 0 aliphatic carbocycles. The lowest BCUT2D eigenvalue weighted by atomic mass is 10.2. The number of guanidine groups is 1. The number of likely N-dealkylation sites (N-methyl/N-ethyl adjacent to an activating group) is 1. The van der Waals surface area contributed by atoms with E-state index in [0.29, 0.717) is 12.6 Å².